The number of halogens is 1. The van der Waals surface area contributed by atoms with Crippen LogP contribution in [0.4, 0.5) is 4.39 Å². The van der Waals surface area contributed by atoms with Gasteiger partial charge in [-0.25, -0.2) is 4.39 Å². The second kappa shape index (κ2) is 8.59. The monoisotopic (exact) mass is 265 g/mol. The molecule has 2 N–H and O–H groups in total. The van der Waals surface area contributed by atoms with Gasteiger partial charge in [0.1, 0.15) is 5.82 Å². The fourth-order valence-corrected chi connectivity index (χ4v) is 2.04. The van der Waals surface area contributed by atoms with E-state index in [-0.39, 0.29) is 11.9 Å². The van der Waals surface area contributed by atoms with Gasteiger partial charge in [-0.2, -0.15) is 5.26 Å². The molecule has 0 fully saturated rings. The maximum absolute atomic E-state index is 13.3. The fraction of sp³-hybridized carbons (Fsp3) is 0.500. The molecule has 0 aliphatic heterocycles. The minimum absolute atomic E-state index is 0.0980. The summed E-state index contributed by atoms with van der Waals surface area (Å²) in [6.07, 6.45) is 0.412. The molecule has 0 bridgehead atoms. The minimum Gasteiger partial charge on any atom is -0.383 e. The van der Waals surface area contributed by atoms with Gasteiger partial charge in [-0.1, -0.05) is 12.1 Å². The number of nitriles is 1. The summed E-state index contributed by atoms with van der Waals surface area (Å²) >= 11 is 0. The maximum Gasteiger partial charge on any atom is 0.123 e. The average molecular weight is 265 g/mol. The molecule has 1 aromatic rings. The summed E-state index contributed by atoms with van der Waals surface area (Å²) in [5.74, 6) is -0.275. The molecule has 19 heavy (non-hydrogen) atoms. The summed E-state index contributed by atoms with van der Waals surface area (Å²) in [6.45, 7) is 2.19. The van der Waals surface area contributed by atoms with E-state index in [1.54, 1.807) is 13.2 Å². The van der Waals surface area contributed by atoms with E-state index in [1.165, 1.54) is 12.1 Å². The number of methoxy groups -OCH3 is 1. The van der Waals surface area contributed by atoms with Gasteiger partial charge in [0.05, 0.1) is 12.7 Å². The number of hydrogen-bond donors (Lipinski definition) is 1. The Balaban J connectivity index is 2.85. The molecular weight excluding hydrogens is 245 g/mol. The first-order valence-corrected chi connectivity index (χ1v) is 6.28. The zero-order valence-corrected chi connectivity index (χ0v) is 11.2. The van der Waals surface area contributed by atoms with Crippen molar-refractivity contribution in [3.63, 3.8) is 0 Å². The van der Waals surface area contributed by atoms with E-state index < -0.39 is 0 Å². The van der Waals surface area contributed by atoms with E-state index in [4.69, 9.17) is 15.7 Å². The number of benzene rings is 1. The topological polar surface area (TPSA) is 62.3 Å². The van der Waals surface area contributed by atoms with Crippen LogP contribution in [0.3, 0.4) is 0 Å². The maximum atomic E-state index is 13.3. The van der Waals surface area contributed by atoms with Crippen molar-refractivity contribution in [1.82, 2.24) is 4.90 Å². The molecule has 0 aromatic heterocycles. The molecule has 0 saturated carbocycles. The van der Waals surface area contributed by atoms with Crippen LogP contribution in [-0.2, 0) is 4.74 Å². The largest absolute Gasteiger partial charge is 0.383 e. The van der Waals surface area contributed by atoms with Crippen molar-refractivity contribution in [1.29, 1.82) is 5.26 Å². The molecule has 4 nitrogen and oxygen atoms in total. The minimum atomic E-state index is -0.275. The van der Waals surface area contributed by atoms with Gasteiger partial charge < -0.3 is 10.5 Å². The van der Waals surface area contributed by atoms with Gasteiger partial charge in [-0.3, -0.25) is 4.90 Å². The van der Waals surface area contributed by atoms with Crippen molar-refractivity contribution in [3.05, 3.63) is 35.6 Å². The summed E-state index contributed by atoms with van der Waals surface area (Å²) in [5.41, 5.74) is 6.64. The Kier molecular flexibility index (Phi) is 7.04. The fourth-order valence-electron chi connectivity index (χ4n) is 2.04. The van der Waals surface area contributed by atoms with E-state index in [0.29, 0.717) is 32.7 Å². The van der Waals surface area contributed by atoms with Crippen LogP contribution in [0.1, 0.15) is 18.0 Å². The molecule has 0 heterocycles. The van der Waals surface area contributed by atoms with E-state index >= 15 is 0 Å². The average Bonchev–Trinajstić information content (AvgIpc) is 2.42. The Morgan fingerprint density at radius 1 is 1.47 bits per heavy atom. The van der Waals surface area contributed by atoms with Gasteiger partial charge in [-0.15, -0.1) is 0 Å². The summed E-state index contributed by atoms with van der Waals surface area (Å²) in [4.78, 5) is 2.06. The Bertz CT molecular complexity index is 419. The molecule has 104 valence electrons. The third kappa shape index (κ3) is 4.95. The van der Waals surface area contributed by atoms with Crippen molar-refractivity contribution in [2.24, 2.45) is 5.73 Å². The van der Waals surface area contributed by atoms with Crippen LogP contribution in [0.2, 0.25) is 0 Å². The first-order valence-electron chi connectivity index (χ1n) is 6.28. The van der Waals surface area contributed by atoms with E-state index in [2.05, 4.69) is 11.0 Å². The normalized spacial score (nSPS) is 12.4. The quantitative estimate of drug-likeness (QED) is 0.777. The molecule has 0 aliphatic rings. The lowest BCUT2D eigenvalue weighted by molar-refractivity contribution is 0.123. The first-order chi connectivity index (χ1) is 9.22. The highest BCUT2D eigenvalue weighted by atomic mass is 19.1. The third-order valence-electron chi connectivity index (χ3n) is 2.99. The molecule has 1 aromatic carbocycles. The number of rotatable bonds is 8. The van der Waals surface area contributed by atoms with Gasteiger partial charge in [0.15, 0.2) is 0 Å². The Morgan fingerprint density at radius 3 is 2.84 bits per heavy atom. The summed E-state index contributed by atoms with van der Waals surface area (Å²) in [5, 5.41) is 8.71. The first kappa shape index (κ1) is 15.6. The zero-order chi connectivity index (χ0) is 14.1. The van der Waals surface area contributed by atoms with Gasteiger partial charge in [0, 0.05) is 39.2 Å². The molecule has 1 rings (SSSR count). The lowest BCUT2D eigenvalue weighted by Crippen LogP contribution is -2.36. The number of nitrogens with two attached hydrogens (primary N) is 1. The summed E-state index contributed by atoms with van der Waals surface area (Å²) in [7, 11) is 1.63. The lowest BCUT2D eigenvalue weighted by Gasteiger charge is -2.30. The third-order valence-corrected chi connectivity index (χ3v) is 2.99. The highest BCUT2D eigenvalue weighted by Crippen LogP contribution is 2.20. The van der Waals surface area contributed by atoms with Gasteiger partial charge >= 0.3 is 0 Å². The van der Waals surface area contributed by atoms with E-state index in [9.17, 15) is 4.39 Å². The van der Waals surface area contributed by atoms with Gasteiger partial charge in [0.2, 0.25) is 0 Å². The van der Waals surface area contributed by atoms with Crippen molar-refractivity contribution in [3.8, 4) is 6.07 Å². The molecule has 0 amide bonds. The molecule has 0 saturated heterocycles. The van der Waals surface area contributed by atoms with Crippen LogP contribution in [0, 0.1) is 17.1 Å². The number of ether oxygens (including phenoxy) is 1. The van der Waals surface area contributed by atoms with Crippen LogP contribution in [0.15, 0.2) is 24.3 Å². The van der Waals surface area contributed by atoms with Crippen LogP contribution in [0.5, 0.6) is 0 Å². The van der Waals surface area contributed by atoms with Crippen molar-refractivity contribution in [2.45, 2.75) is 12.5 Å². The Labute approximate surface area is 113 Å². The second-order valence-corrected chi connectivity index (χ2v) is 4.24. The molecule has 0 spiro atoms. The predicted molar refractivity (Wildman–Crippen MR) is 71.9 cm³/mol. The van der Waals surface area contributed by atoms with Crippen LogP contribution >= 0.6 is 0 Å². The highest BCUT2D eigenvalue weighted by Gasteiger charge is 2.18. The summed E-state index contributed by atoms with van der Waals surface area (Å²) < 4.78 is 18.4. The van der Waals surface area contributed by atoms with Gasteiger partial charge in [-0.05, 0) is 17.7 Å². The smallest absolute Gasteiger partial charge is 0.123 e. The molecular formula is C14H20FN3O. The standard InChI is InChI=1S/C14H20FN3O/c1-19-9-8-18(7-3-6-16)14(11-17)12-4-2-5-13(15)10-12/h2,4-5,10,14H,3,7-9,11,17H2,1H3. The van der Waals surface area contributed by atoms with Crippen molar-refractivity contribution in [2.75, 3.05) is 33.4 Å². The molecule has 1 unspecified atom stereocenters. The Hall–Kier alpha value is -1.48. The lowest BCUT2D eigenvalue weighted by atomic mass is 10.0. The van der Waals surface area contributed by atoms with E-state index in [0.717, 1.165) is 5.56 Å². The number of hydrogen-bond acceptors (Lipinski definition) is 4. The van der Waals surface area contributed by atoms with Crippen LogP contribution in [-0.4, -0.2) is 38.3 Å². The zero-order valence-electron chi connectivity index (χ0n) is 11.2. The van der Waals surface area contributed by atoms with Crippen LogP contribution in [0.25, 0.3) is 0 Å². The van der Waals surface area contributed by atoms with Crippen molar-refractivity contribution >= 4 is 0 Å². The predicted octanol–water partition coefficient (Wildman–Crippen LogP) is 1.69. The Morgan fingerprint density at radius 2 is 2.26 bits per heavy atom. The second-order valence-electron chi connectivity index (χ2n) is 4.24. The summed E-state index contributed by atoms with van der Waals surface area (Å²) in [6, 6.07) is 8.45. The molecule has 0 aliphatic carbocycles. The molecule has 5 heteroatoms. The SMILES string of the molecule is COCCN(CCC#N)C(CN)c1cccc(F)c1. The molecule has 1 atom stereocenters. The van der Waals surface area contributed by atoms with E-state index in [1.807, 2.05) is 6.07 Å². The highest BCUT2D eigenvalue weighted by molar-refractivity contribution is 5.20. The van der Waals surface area contributed by atoms with Gasteiger partial charge in [0.25, 0.3) is 0 Å². The van der Waals surface area contributed by atoms with Crippen molar-refractivity contribution < 1.29 is 9.13 Å². The van der Waals surface area contributed by atoms with Crippen LogP contribution < -0.4 is 5.73 Å². The number of nitrogens with zero attached hydrogens (tertiary/aromatic N) is 2. The molecule has 0 radical (unpaired) electrons.